The topological polar surface area (TPSA) is 29.5 Å². The summed E-state index contributed by atoms with van der Waals surface area (Å²) in [6.45, 7) is 4.92. The summed E-state index contributed by atoms with van der Waals surface area (Å²) in [5.74, 6) is 0.911. The van der Waals surface area contributed by atoms with Gasteiger partial charge in [0, 0.05) is 0 Å². The van der Waals surface area contributed by atoms with Gasteiger partial charge < -0.3 is 9.84 Å². The van der Waals surface area contributed by atoms with Crippen LogP contribution in [-0.4, -0.2) is 17.8 Å². The van der Waals surface area contributed by atoms with Gasteiger partial charge in [0.2, 0.25) is 0 Å². The first kappa shape index (κ1) is 13.0. The molecule has 0 amide bonds. The molecule has 0 heterocycles. The van der Waals surface area contributed by atoms with E-state index in [1.807, 2.05) is 31.2 Å². The van der Waals surface area contributed by atoms with Gasteiger partial charge >= 0.3 is 0 Å². The van der Waals surface area contributed by atoms with E-state index in [0.717, 1.165) is 37.2 Å². The molecule has 1 aromatic rings. The fraction of sp³-hybridized carbons (Fsp3) is 0.571. The summed E-state index contributed by atoms with van der Waals surface area (Å²) in [5.41, 5.74) is 1.14. The molecule has 0 bridgehead atoms. The van der Waals surface area contributed by atoms with E-state index in [-0.39, 0.29) is 6.10 Å². The van der Waals surface area contributed by atoms with E-state index in [4.69, 9.17) is 4.74 Å². The average Bonchev–Trinajstić information content (AvgIpc) is 2.30. The molecule has 0 aliphatic heterocycles. The van der Waals surface area contributed by atoms with Crippen molar-refractivity contribution in [3.63, 3.8) is 0 Å². The molecule has 2 heteroatoms. The molecule has 0 aliphatic carbocycles. The average molecular weight is 222 g/mol. The quantitative estimate of drug-likeness (QED) is 0.718. The Kier molecular flexibility index (Phi) is 5.94. The van der Waals surface area contributed by atoms with Crippen molar-refractivity contribution in [1.29, 1.82) is 0 Å². The minimum Gasteiger partial charge on any atom is -0.494 e. The third-order valence-corrected chi connectivity index (χ3v) is 2.61. The summed E-state index contributed by atoms with van der Waals surface area (Å²) in [6.07, 6.45) is 3.49. The first-order valence-corrected chi connectivity index (χ1v) is 6.16. The molecular formula is C14H22O2. The summed E-state index contributed by atoms with van der Waals surface area (Å²) < 4.78 is 5.62. The molecule has 90 valence electrons. The van der Waals surface area contributed by atoms with Crippen LogP contribution in [0.4, 0.5) is 0 Å². The van der Waals surface area contributed by atoms with E-state index < -0.39 is 0 Å². The highest BCUT2D eigenvalue weighted by atomic mass is 16.5. The number of ether oxygens (including phenoxy) is 1. The number of unbranched alkanes of at least 4 members (excludes halogenated alkanes) is 1. The fourth-order valence-electron chi connectivity index (χ4n) is 1.51. The van der Waals surface area contributed by atoms with E-state index in [1.54, 1.807) is 0 Å². The van der Waals surface area contributed by atoms with Gasteiger partial charge in [-0.3, -0.25) is 0 Å². The molecule has 0 saturated heterocycles. The van der Waals surface area contributed by atoms with Gasteiger partial charge in [-0.25, -0.2) is 0 Å². The molecule has 0 spiro atoms. The number of hydrogen-bond donors (Lipinski definition) is 1. The van der Waals surface area contributed by atoms with E-state index in [2.05, 4.69) is 6.92 Å². The van der Waals surface area contributed by atoms with Crippen LogP contribution in [0.1, 0.15) is 38.7 Å². The predicted molar refractivity (Wildman–Crippen MR) is 66.8 cm³/mol. The first-order chi connectivity index (χ1) is 7.76. The van der Waals surface area contributed by atoms with Gasteiger partial charge in [-0.15, -0.1) is 0 Å². The molecule has 0 radical (unpaired) electrons. The fourth-order valence-corrected chi connectivity index (χ4v) is 1.51. The Balaban J connectivity index is 2.50. The van der Waals surface area contributed by atoms with Crippen molar-refractivity contribution in [2.24, 2.45) is 0 Å². The summed E-state index contributed by atoms with van der Waals surface area (Å²) >= 11 is 0. The first-order valence-electron chi connectivity index (χ1n) is 6.16. The molecule has 2 nitrogen and oxygen atoms in total. The lowest BCUT2D eigenvalue weighted by molar-refractivity contribution is 0.170. The van der Waals surface area contributed by atoms with E-state index >= 15 is 0 Å². The maximum absolute atomic E-state index is 9.58. The van der Waals surface area contributed by atoms with Gasteiger partial charge in [-0.1, -0.05) is 32.4 Å². The van der Waals surface area contributed by atoms with Crippen molar-refractivity contribution < 1.29 is 9.84 Å². The second kappa shape index (κ2) is 7.29. The van der Waals surface area contributed by atoms with Crippen LogP contribution in [0.15, 0.2) is 24.3 Å². The third-order valence-electron chi connectivity index (χ3n) is 2.61. The molecule has 16 heavy (non-hydrogen) atoms. The second-order valence-electron chi connectivity index (χ2n) is 4.12. The van der Waals surface area contributed by atoms with E-state index in [1.165, 1.54) is 0 Å². The Bertz CT molecular complexity index is 297. The summed E-state index contributed by atoms with van der Waals surface area (Å²) in [6, 6.07) is 8.01. The van der Waals surface area contributed by atoms with Crippen molar-refractivity contribution in [3.8, 4) is 5.75 Å². The Morgan fingerprint density at radius 1 is 1.31 bits per heavy atom. The molecule has 0 fully saturated rings. The minimum absolute atomic E-state index is 0.245. The molecule has 1 N–H and O–H groups in total. The van der Waals surface area contributed by atoms with Crippen molar-refractivity contribution in [2.75, 3.05) is 6.61 Å². The van der Waals surface area contributed by atoms with Crippen molar-refractivity contribution in [3.05, 3.63) is 29.8 Å². The van der Waals surface area contributed by atoms with Crippen LogP contribution in [0.3, 0.4) is 0 Å². The number of aliphatic hydroxyl groups is 1. The van der Waals surface area contributed by atoms with Crippen molar-refractivity contribution >= 4 is 0 Å². The Hall–Kier alpha value is -1.02. The highest BCUT2D eigenvalue weighted by Crippen LogP contribution is 2.15. The predicted octanol–water partition coefficient (Wildman–Crippen LogP) is 3.18. The Labute approximate surface area is 98.3 Å². The number of benzene rings is 1. The lowest BCUT2D eigenvalue weighted by atomic mass is 10.1. The van der Waals surface area contributed by atoms with Crippen LogP contribution in [0.25, 0.3) is 0 Å². The van der Waals surface area contributed by atoms with Gasteiger partial charge in [-0.2, -0.15) is 0 Å². The maximum atomic E-state index is 9.58. The van der Waals surface area contributed by atoms with Crippen molar-refractivity contribution in [1.82, 2.24) is 0 Å². The number of aliphatic hydroxyl groups excluding tert-OH is 1. The van der Waals surface area contributed by atoms with Gasteiger partial charge in [0.25, 0.3) is 0 Å². The van der Waals surface area contributed by atoms with Crippen LogP contribution >= 0.6 is 0 Å². The lowest BCUT2D eigenvalue weighted by Crippen LogP contribution is -2.08. The van der Waals surface area contributed by atoms with Gasteiger partial charge in [0.15, 0.2) is 0 Å². The van der Waals surface area contributed by atoms with Gasteiger partial charge in [-0.05, 0) is 37.0 Å². The van der Waals surface area contributed by atoms with Crippen molar-refractivity contribution in [2.45, 2.75) is 45.6 Å². The molecule has 1 unspecified atom stereocenters. The normalized spacial score (nSPS) is 12.4. The molecule has 0 aliphatic rings. The lowest BCUT2D eigenvalue weighted by Gasteiger charge is -2.10. The summed E-state index contributed by atoms with van der Waals surface area (Å²) in [5, 5.41) is 9.58. The van der Waals surface area contributed by atoms with E-state index in [9.17, 15) is 5.11 Å². The Morgan fingerprint density at radius 2 is 2.12 bits per heavy atom. The van der Waals surface area contributed by atoms with Crippen LogP contribution in [-0.2, 0) is 6.42 Å². The molecule has 1 rings (SSSR count). The standard InChI is InChI=1S/C14H22O2/c1-3-5-9-16-14-8-6-7-12(11-14)10-13(15)4-2/h6-8,11,13,15H,3-5,9-10H2,1-2H3. The molecule has 1 atom stereocenters. The third kappa shape index (κ3) is 4.67. The SMILES string of the molecule is CCCCOc1cccc(CC(O)CC)c1. The van der Waals surface area contributed by atoms with Crippen LogP contribution < -0.4 is 4.74 Å². The molecule has 0 aromatic heterocycles. The smallest absolute Gasteiger partial charge is 0.119 e. The zero-order chi connectivity index (χ0) is 11.8. The molecule has 0 saturated carbocycles. The molecular weight excluding hydrogens is 200 g/mol. The monoisotopic (exact) mass is 222 g/mol. The van der Waals surface area contributed by atoms with Crippen LogP contribution in [0.2, 0.25) is 0 Å². The largest absolute Gasteiger partial charge is 0.494 e. The second-order valence-corrected chi connectivity index (χ2v) is 4.12. The zero-order valence-electron chi connectivity index (χ0n) is 10.3. The summed E-state index contributed by atoms with van der Waals surface area (Å²) in [4.78, 5) is 0. The number of hydrogen-bond acceptors (Lipinski definition) is 2. The number of rotatable bonds is 7. The maximum Gasteiger partial charge on any atom is 0.119 e. The highest BCUT2D eigenvalue weighted by molar-refractivity contribution is 5.28. The van der Waals surface area contributed by atoms with Gasteiger partial charge in [0.05, 0.1) is 12.7 Å². The van der Waals surface area contributed by atoms with Crippen LogP contribution in [0, 0.1) is 0 Å². The summed E-state index contributed by atoms with van der Waals surface area (Å²) in [7, 11) is 0. The van der Waals surface area contributed by atoms with E-state index in [0.29, 0.717) is 6.42 Å². The Morgan fingerprint density at radius 3 is 2.81 bits per heavy atom. The molecule has 1 aromatic carbocycles. The zero-order valence-corrected chi connectivity index (χ0v) is 10.3. The van der Waals surface area contributed by atoms with Gasteiger partial charge in [0.1, 0.15) is 5.75 Å². The highest BCUT2D eigenvalue weighted by Gasteiger charge is 2.03. The minimum atomic E-state index is -0.245. The van der Waals surface area contributed by atoms with Crippen LogP contribution in [0.5, 0.6) is 5.75 Å².